The quantitative estimate of drug-likeness (QED) is 0.287. The number of hydrogen-bond donors (Lipinski definition) is 3. The Morgan fingerprint density at radius 3 is 2.45 bits per heavy atom. The van der Waals surface area contributed by atoms with Crippen LogP contribution >= 0.6 is 0 Å². The maximum Gasteiger partial charge on any atom is 0.233 e. The van der Waals surface area contributed by atoms with Crippen LogP contribution < -0.4 is 20.7 Å². The van der Waals surface area contributed by atoms with Crippen LogP contribution in [0.1, 0.15) is 44.9 Å². The lowest BCUT2D eigenvalue weighted by Crippen LogP contribution is -2.21. The predicted octanol–water partition coefficient (Wildman–Crippen LogP) is 5.20. The van der Waals surface area contributed by atoms with Gasteiger partial charge in [0.2, 0.25) is 17.8 Å². The summed E-state index contributed by atoms with van der Waals surface area (Å²) in [5.74, 6) is 1.12. The predicted molar refractivity (Wildman–Crippen MR) is 129 cm³/mol. The molecule has 176 valence electrons. The number of methoxy groups -OCH3 is 1. The second-order valence-electron chi connectivity index (χ2n) is 8.31. The number of anilines is 4. The van der Waals surface area contributed by atoms with Gasteiger partial charge in [-0.25, -0.2) is 4.39 Å². The molecule has 0 spiro atoms. The molecule has 1 aliphatic rings. The Balaban J connectivity index is 1.46. The van der Waals surface area contributed by atoms with Crippen LogP contribution in [0.25, 0.3) is 0 Å². The van der Waals surface area contributed by atoms with Gasteiger partial charge in [0, 0.05) is 43.3 Å². The fourth-order valence-electron chi connectivity index (χ4n) is 4.04. The zero-order valence-electron chi connectivity index (χ0n) is 19.1. The van der Waals surface area contributed by atoms with Gasteiger partial charge >= 0.3 is 0 Å². The minimum atomic E-state index is -0.447. The van der Waals surface area contributed by atoms with Gasteiger partial charge in [-0.2, -0.15) is 15.0 Å². The van der Waals surface area contributed by atoms with E-state index in [2.05, 4.69) is 35.5 Å². The summed E-state index contributed by atoms with van der Waals surface area (Å²) in [7, 11) is 1.44. The minimum Gasteiger partial charge on any atom is -0.494 e. The highest BCUT2D eigenvalue weighted by Crippen LogP contribution is 2.24. The van der Waals surface area contributed by atoms with Gasteiger partial charge in [-0.15, -0.1) is 0 Å². The maximum atomic E-state index is 14.1. The monoisotopic (exact) mass is 453 g/mol. The van der Waals surface area contributed by atoms with Gasteiger partial charge in [0.1, 0.15) is 0 Å². The van der Waals surface area contributed by atoms with Crippen molar-refractivity contribution in [2.24, 2.45) is 0 Å². The molecule has 1 saturated carbocycles. The van der Waals surface area contributed by atoms with Crippen LogP contribution in [0, 0.1) is 5.82 Å². The highest BCUT2D eigenvalue weighted by molar-refractivity contribution is 5.57. The number of halogens is 1. The lowest BCUT2D eigenvalue weighted by molar-refractivity contribution is 0.386. The summed E-state index contributed by atoms with van der Waals surface area (Å²) < 4.78 is 21.3. The molecular formula is C24H32FN7O. The topological polar surface area (TPSA) is 88.9 Å². The van der Waals surface area contributed by atoms with Gasteiger partial charge in [-0.05, 0) is 43.5 Å². The normalized spacial score (nSPS) is 14.5. The Morgan fingerprint density at radius 2 is 1.73 bits per heavy atom. The van der Waals surface area contributed by atoms with E-state index in [4.69, 9.17) is 4.74 Å². The van der Waals surface area contributed by atoms with E-state index in [0.29, 0.717) is 29.6 Å². The van der Waals surface area contributed by atoms with Crippen LogP contribution in [0.5, 0.6) is 5.75 Å². The van der Waals surface area contributed by atoms with Crippen molar-refractivity contribution in [2.45, 2.75) is 57.5 Å². The number of hydrogen-bond acceptors (Lipinski definition) is 7. The van der Waals surface area contributed by atoms with E-state index in [0.717, 1.165) is 32.4 Å². The molecule has 2 heterocycles. The van der Waals surface area contributed by atoms with E-state index in [1.807, 2.05) is 24.5 Å². The number of benzene rings is 1. The Hall–Kier alpha value is -3.36. The van der Waals surface area contributed by atoms with Crippen molar-refractivity contribution in [3.8, 4) is 5.75 Å². The number of nitrogens with one attached hydrogen (secondary N) is 3. The summed E-state index contributed by atoms with van der Waals surface area (Å²) in [6.45, 7) is 1.64. The first-order valence-corrected chi connectivity index (χ1v) is 11.7. The first-order valence-electron chi connectivity index (χ1n) is 11.7. The standard InChI is InChI=1S/C24H32FN7O/c1-33-21-12-11-19(17-20(21)25)28-24-30-22(26-13-8-16-32-14-6-7-15-32)29-23(31-24)27-18-9-4-2-3-5-10-18/h6-7,11-12,14-15,17-18H,2-5,8-10,13,16H2,1H3,(H3,26,27,28,29,30,31). The van der Waals surface area contributed by atoms with Gasteiger partial charge in [0.25, 0.3) is 0 Å². The maximum absolute atomic E-state index is 14.1. The molecule has 1 fully saturated rings. The molecule has 2 aromatic heterocycles. The zero-order chi connectivity index (χ0) is 22.9. The van der Waals surface area contributed by atoms with Crippen molar-refractivity contribution in [1.82, 2.24) is 19.5 Å². The molecule has 0 amide bonds. The van der Waals surface area contributed by atoms with Crippen molar-refractivity contribution >= 4 is 23.5 Å². The molecule has 0 radical (unpaired) electrons. The first kappa shape index (κ1) is 22.8. The molecule has 33 heavy (non-hydrogen) atoms. The largest absolute Gasteiger partial charge is 0.494 e. The smallest absolute Gasteiger partial charge is 0.233 e. The van der Waals surface area contributed by atoms with Crippen LogP contribution in [0.15, 0.2) is 42.7 Å². The summed E-state index contributed by atoms with van der Waals surface area (Å²) in [6, 6.07) is 9.06. The molecule has 3 aromatic rings. The molecule has 9 heteroatoms. The van der Waals surface area contributed by atoms with Gasteiger partial charge in [0.15, 0.2) is 11.6 Å². The number of nitrogens with zero attached hydrogens (tertiary/aromatic N) is 4. The highest BCUT2D eigenvalue weighted by Gasteiger charge is 2.15. The summed E-state index contributed by atoms with van der Waals surface area (Å²) in [5.41, 5.74) is 0.540. The van der Waals surface area contributed by atoms with Crippen molar-refractivity contribution < 1.29 is 9.13 Å². The van der Waals surface area contributed by atoms with E-state index in [9.17, 15) is 4.39 Å². The van der Waals surface area contributed by atoms with Crippen molar-refractivity contribution in [2.75, 3.05) is 29.6 Å². The van der Waals surface area contributed by atoms with Crippen molar-refractivity contribution in [3.63, 3.8) is 0 Å². The van der Waals surface area contributed by atoms with Crippen LogP contribution in [0.4, 0.5) is 27.9 Å². The molecule has 4 rings (SSSR count). The number of aryl methyl sites for hydroxylation is 1. The summed E-state index contributed by atoms with van der Waals surface area (Å²) in [5, 5.41) is 9.89. The lowest BCUT2D eigenvalue weighted by atomic mass is 10.1. The molecule has 3 N–H and O–H groups in total. The first-order chi connectivity index (χ1) is 16.2. The lowest BCUT2D eigenvalue weighted by Gasteiger charge is -2.17. The van der Waals surface area contributed by atoms with Gasteiger partial charge in [-0.3, -0.25) is 0 Å². The summed E-state index contributed by atoms with van der Waals surface area (Å²) in [4.78, 5) is 13.6. The van der Waals surface area contributed by atoms with E-state index < -0.39 is 5.82 Å². The molecule has 1 aromatic carbocycles. The van der Waals surface area contributed by atoms with Gasteiger partial charge in [-0.1, -0.05) is 25.7 Å². The van der Waals surface area contributed by atoms with E-state index in [-0.39, 0.29) is 5.75 Å². The fraction of sp³-hybridized carbons (Fsp3) is 0.458. The zero-order valence-corrected chi connectivity index (χ0v) is 19.1. The second kappa shape index (κ2) is 11.5. The number of ether oxygens (including phenoxy) is 1. The van der Waals surface area contributed by atoms with E-state index >= 15 is 0 Å². The van der Waals surface area contributed by atoms with E-state index in [1.54, 1.807) is 12.1 Å². The summed E-state index contributed by atoms with van der Waals surface area (Å²) >= 11 is 0. The molecule has 1 aliphatic carbocycles. The number of rotatable bonds is 10. The van der Waals surface area contributed by atoms with Crippen LogP contribution in [0.2, 0.25) is 0 Å². The third kappa shape index (κ3) is 6.81. The Kier molecular flexibility index (Phi) is 7.94. The van der Waals surface area contributed by atoms with Crippen molar-refractivity contribution in [3.05, 3.63) is 48.5 Å². The minimum absolute atomic E-state index is 0.192. The molecule has 0 atom stereocenters. The summed E-state index contributed by atoms with van der Waals surface area (Å²) in [6.07, 6.45) is 12.2. The van der Waals surface area contributed by atoms with Crippen LogP contribution in [0.3, 0.4) is 0 Å². The second-order valence-corrected chi connectivity index (χ2v) is 8.31. The molecular weight excluding hydrogens is 421 g/mol. The Morgan fingerprint density at radius 1 is 1.00 bits per heavy atom. The molecule has 0 saturated heterocycles. The average Bonchev–Trinajstić information content (AvgIpc) is 3.20. The molecule has 0 bridgehead atoms. The SMILES string of the molecule is COc1ccc(Nc2nc(NCCCn3cccc3)nc(NC3CCCCCC3)n2)cc1F. The molecule has 0 unspecified atom stereocenters. The van der Waals surface area contributed by atoms with Crippen LogP contribution in [-0.2, 0) is 6.54 Å². The Bertz CT molecular complexity index is 1000. The third-order valence-corrected chi connectivity index (χ3v) is 5.77. The van der Waals surface area contributed by atoms with E-state index in [1.165, 1.54) is 38.9 Å². The van der Waals surface area contributed by atoms with Gasteiger partial charge in [0.05, 0.1) is 7.11 Å². The fourth-order valence-corrected chi connectivity index (χ4v) is 4.04. The van der Waals surface area contributed by atoms with Gasteiger partial charge < -0.3 is 25.3 Å². The number of aromatic nitrogens is 4. The van der Waals surface area contributed by atoms with Crippen LogP contribution in [-0.4, -0.2) is 39.2 Å². The molecule has 0 aliphatic heterocycles. The third-order valence-electron chi connectivity index (χ3n) is 5.77. The highest BCUT2D eigenvalue weighted by atomic mass is 19.1. The van der Waals surface area contributed by atoms with Crippen molar-refractivity contribution in [1.29, 1.82) is 0 Å². The molecule has 8 nitrogen and oxygen atoms in total. The average molecular weight is 454 g/mol. The Labute approximate surface area is 194 Å².